The van der Waals surface area contributed by atoms with Crippen LogP contribution in [-0.4, -0.2) is 10.8 Å². The van der Waals surface area contributed by atoms with Crippen molar-refractivity contribution in [3.63, 3.8) is 0 Å². The van der Waals surface area contributed by atoms with E-state index in [1.54, 1.807) is 12.3 Å². The first-order chi connectivity index (χ1) is 8.24. The Labute approximate surface area is 112 Å². The van der Waals surface area contributed by atoms with E-state index >= 15 is 0 Å². The largest absolute Gasteiger partial charge is 0.292 e. The Bertz CT molecular complexity index is 335. The van der Waals surface area contributed by atoms with Crippen LogP contribution >= 0.6 is 15.9 Å². The van der Waals surface area contributed by atoms with E-state index in [-0.39, 0.29) is 5.78 Å². The van der Waals surface area contributed by atoms with Gasteiger partial charge >= 0.3 is 0 Å². The molecule has 0 atom stereocenters. The number of carbonyl (C=O) groups is 1. The van der Waals surface area contributed by atoms with Crippen molar-refractivity contribution in [2.75, 3.05) is 0 Å². The smallest absolute Gasteiger partial charge is 0.181 e. The fraction of sp³-hybridized carbons (Fsp3) is 0.571. The second-order valence-corrected chi connectivity index (χ2v) is 5.22. The van der Waals surface area contributed by atoms with Gasteiger partial charge < -0.3 is 0 Å². The van der Waals surface area contributed by atoms with Crippen LogP contribution in [0.5, 0.6) is 0 Å². The lowest BCUT2D eigenvalue weighted by Gasteiger charge is -2.01. The first-order valence-corrected chi connectivity index (χ1v) is 7.18. The van der Waals surface area contributed by atoms with Gasteiger partial charge in [-0.15, -0.1) is 0 Å². The first kappa shape index (κ1) is 14.4. The maximum absolute atomic E-state index is 11.8. The molecule has 3 heteroatoms. The van der Waals surface area contributed by atoms with Crippen LogP contribution in [0, 0.1) is 0 Å². The minimum absolute atomic E-state index is 0.160. The van der Waals surface area contributed by atoms with Crippen molar-refractivity contribution in [2.24, 2.45) is 0 Å². The van der Waals surface area contributed by atoms with Crippen LogP contribution in [0.1, 0.15) is 62.4 Å². The van der Waals surface area contributed by atoms with E-state index in [1.165, 1.54) is 25.7 Å². The quantitative estimate of drug-likeness (QED) is 0.511. The highest BCUT2D eigenvalue weighted by Gasteiger charge is 2.06. The van der Waals surface area contributed by atoms with Crippen molar-refractivity contribution < 1.29 is 4.79 Å². The van der Waals surface area contributed by atoms with Gasteiger partial charge in [0.05, 0.1) is 0 Å². The molecule has 0 radical (unpaired) electrons. The molecule has 0 unspecified atom stereocenters. The highest BCUT2D eigenvalue weighted by atomic mass is 79.9. The number of halogens is 1. The number of carbonyl (C=O) groups excluding carboxylic acids is 1. The SMILES string of the molecule is CCCCCCCCC(=O)c1ccc(Br)cn1. The Morgan fingerprint density at radius 3 is 2.53 bits per heavy atom. The number of rotatable bonds is 8. The third kappa shape index (κ3) is 5.97. The van der Waals surface area contributed by atoms with Gasteiger partial charge in [-0.1, -0.05) is 39.0 Å². The summed E-state index contributed by atoms with van der Waals surface area (Å²) in [5, 5.41) is 0. The summed E-state index contributed by atoms with van der Waals surface area (Å²) in [5.41, 5.74) is 0.585. The van der Waals surface area contributed by atoms with E-state index in [1.807, 2.05) is 6.07 Å². The van der Waals surface area contributed by atoms with Crippen molar-refractivity contribution in [2.45, 2.75) is 51.9 Å². The number of Topliss-reactive ketones (excluding diaryl/α,β-unsaturated/α-hetero) is 1. The molecule has 1 rings (SSSR count). The third-order valence-corrected chi connectivity index (χ3v) is 3.24. The molecule has 0 saturated heterocycles. The summed E-state index contributed by atoms with van der Waals surface area (Å²) in [7, 11) is 0. The predicted molar refractivity (Wildman–Crippen MR) is 74.3 cm³/mol. The molecule has 0 amide bonds. The molecule has 0 aliphatic heterocycles. The molecule has 0 aliphatic carbocycles. The van der Waals surface area contributed by atoms with E-state index in [0.29, 0.717) is 12.1 Å². The normalized spacial score (nSPS) is 10.5. The Morgan fingerprint density at radius 1 is 1.18 bits per heavy atom. The maximum Gasteiger partial charge on any atom is 0.181 e. The number of hydrogen-bond acceptors (Lipinski definition) is 2. The molecule has 0 bridgehead atoms. The fourth-order valence-electron chi connectivity index (χ4n) is 1.73. The van der Waals surface area contributed by atoms with Crippen molar-refractivity contribution in [3.8, 4) is 0 Å². The monoisotopic (exact) mass is 297 g/mol. The minimum Gasteiger partial charge on any atom is -0.292 e. The summed E-state index contributed by atoms with van der Waals surface area (Å²) in [6, 6.07) is 3.64. The number of hydrogen-bond donors (Lipinski definition) is 0. The summed E-state index contributed by atoms with van der Waals surface area (Å²) in [4.78, 5) is 15.9. The van der Waals surface area contributed by atoms with Crippen LogP contribution in [0.25, 0.3) is 0 Å². The molecule has 0 saturated carbocycles. The standard InChI is InChI=1S/C14H20BrNO/c1-2-3-4-5-6-7-8-14(17)13-10-9-12(15)11-16-13/h9-11H,2-8H2,1H3. The third-order valence-electron chi connectivity index (χ3n) is 2.77. The van der Waals surface area contributed by atoms with E-state index in [9.17, 15) is 4.79 Å². The van der Waals surface area contributed by atoms with Crippen LogP contribution < -0.4 is 0 Å². The van der Waals surface area contributed by atoms with Crippen molar-refractivity contribution in [1.29, 1.82) is 0 Å². The molecule has 94 valence electrons. The van der Waals surface area contributed by atoms with Crippen LogP contribution in [0.15, 0.2) is 22.8 Å². The predicted octanol–water partition coefficient (Wildman–Crippen LogP) is 4.78. The number of aromatic nitrogens is 1. The summed E-state index contributed by atoms with van der Waals surface area (Å²) in [6.45, 7) is 2.21. The van der Waals surface area contributed by atoms with Crippen LogP contribution in [0.2, 0.25) is 0 Å². The zero-order chi connectivity index (χ0) is 12.5. The number of pyridine rings is 1. The average Bonchev–Trinajstić information content (AvgIpc) is 2.34. The highest BCUT2D eigenvalue weighted by Crippen LogP contribution is 2.12. The first-order valence-electron chi connectivity index (χ1n) is 6.38. The molecule has 1 aromatic heterocycles. The molecule has 0 fully saturated rings. The van der Waals surface area contributed by atoms with Gasteiger partial charge in [0.2, 0.25) is 0 Å². The lowest BCUT2D eigenvalue weighted by atomic mass is 10.1. The minimum atomic E-state index is 0.160. The number of unbranched alkanes of at least 4 members (excludes halogenated alkanes) is 5. The lowest BCUT2D eigenvalue weighted by Crippen LogP contribution is -2.01. The summed E-state index contributed by atoms with van der Waals surface area (Å²) in [6.07, 6.45) is 9.55. The molecular weight excluding hydrogens is 278 g/mol. The molecule has 1 aromatic rings. The van der Waals surface area contributed by atoms with Gasteiger partial charge in [-0.05, 0) is 34.5 Å². The highest BCUT2D eigenvalue weighted by molar-refractivity contribution is 9.10. The summed E-state index contributed by atoms with van der Waals surface area (Å²) < 4.78 is 0.911. The van der Waals surface area contributed by atoms with Gasteiger partial charge in [0.1, 0.15) is 5.69 Å². The van der Waals surface area contributed by atoms with Gasteiger partial charge in [0.25, 0.3) is 0 Å². The summed E-state index contributed by atoms with van der Waals surface area (Å²) >= 11 is 3.31. The van der Waals surface area contributed by atoms with Gasteiger partial charge in [0, 0.05) is 17.1 Å². The second kappa shape index (κ2) is 8.40. The molecule has 0 spiro atoms. The average molecular weight is 298 g/mol. The molecular formula is C14H20BrNO. The van der Waals surface area contributed by atoms with E-state index < -0.39 is 0 Å². The second-order valence-electron chi connectivity index (χ2n) is 4.30. The lowest BCUT2D eigenvalue weighted by molar-refractivity contribution is 0.0974. The molecule has 2 nitrogen and oxygen atoms in total. The number of nitrogens with zero attached hydrogens (tertiary/aromatic N) is 1. The Hall–Kier alpha value is -0.700. The molecule has 0 N–H and O–H groups in total. The summed E-state index contributed by atoms with van der Waals surface area (Å²) in [5.74, 6) is 0.160. The van der Waals surface area contributed by atoms with Crippen molar-refractivity contribution >= 4 is 21.7 Å². The molecule has 17 heavy (non-hydrogen) atoms. The van der Waals surface area contributed by atoms with Gasteiger partial charge in [-0.25, -0.2) is 0 Å². The zero-order valence-electron chi connectivity index (χ0n) is 10.4. The van der Waals surface area contributed by atoms with Crippen molar-refractivity contribution in [3.05, 3.63) is 28.5 Å². The Kier molecular flexibility index (Phi) is 7.10. The molecule has 0 aromatic carbocycles. The maximum atomic E-state index is 11.8. The van der Waals surface area contributed by atoms with E-state index in [2.05, 4.69) is 27.8 Å². The zero-order valence-corrected chi connectivity index (χ0v) is 12.0. The van der Waals surface area contributed by atoms with Gasteiger partial charge in [0.15, 0.2) is 5.78 Å². The van der Waals surface area contributed by atoms with Gasteiger partial charge in [-0.3, -0.25) is 9.78 Å². The van der Waals surface area contributed by atoms with E-state index in [0.717, 1.165) is 17.3 Å². The Morgan fingerprint density at radius 2 is 1.88 bits per heavy atom. The van der Waals surface area contributed by atoms with Crippen LogP contribution in [-0.2, 0) is 0 Å². The van der Waals surface area contributed by atoms with Crippen LogP contribution in [0.4, 0.5) is 0 Å². The fourth-order valence-corrected chi connectivity index (χ4v) is 1.97. The van der Waals surface area contributed by atoms with E-state index in [4.69, 9.17) is 0 Å². The number of ketones is 1. The Balaban J connectivity index is 2.19. The molecule has 0 aliphatic rings. The van der Waals surface area contributed by atoms with Crippen molar-refractivity contribution in [1.82, 2.24) is 4.98 Å². The topological polar surface area (TPSA) is 30.0 Å². The molecule has 1 heterocycles. The van der Waals surface area contributed by atoms with Gasteiger partial charge in [-0.2, -0.15) is 0 Å². The van der Waals surface area contributed by atoms with Crippen LogP contribution in [0.3, 0.4) is 0 Å².